The van der Waals surface area contributed by atoms with Crippen molar-refractivity contribution in [2.24, 2.45) is 17.6 Å². The minimum Gasteiger partial charge on any atom is -0.330 e. The average Bonchev–Trinajstić information content (AvgIpc) is 2.51. The summed E-state index contributed by atoms with van der Waals surface area (Å²) in [6.07, 6.45) is 6.34. The van der Waals surface area contributed by atoms with Crippen molar-refractivity contribution in [2.45, 2.75) is 58.8 Å². The largest absolute Gasteiger partial charge is 0.330 e. The number of benzene rings is 1. The highest BCUT2D eigenvalue weighted by Gasteiger charge is 2.20. The van der Waals surface area contributed by atoms with Crippen LogP contribution in [0.2, 0.25) is 0 Å². The van der Waals surface area contributed by atoms with E-state index in [0.717, 1.165) is 18.4 Å². The molecule has 2 rings (SSSR count). The van der Waals surface area contributed by atoms with Crippen molar-refractivity contribution >= 4 is 11.8 Å². The van der Waals surface area contributed by atoms with E-state index in [-0.39, 0.29) is 0 Å². The van der Waals surface area contributed by atoms with Gasteiger partial charge in [-0.15, -0.1) is 0 Å². The molecule has 0 saturated heterocycles. The van der Waals surface area contributed by atoms with E-state index in [1.807, 2.05) is 0 Å². The second-order valence-corrected chi connectivity index (χ2v) is 8.36. The number of hydrogen-bond acceptors (Lipinski definition) is 2. The van der Waals surface area contributed by atoms with Crippen molar-refractivity contribution in [3.05, 3.63) is 34.9 Å². The van der Waals surface area contributed by atoms with Gasteiger partial charge in [0.1, 0.15) is 0 Å². The van der Waals surface area contributed by atoms with Crippen molar-refractivity contribution in [1.82, 2.24) is 0 Å². The van der Waals surface area contributed by atoms with Crippen LogP contribution in [0.25, 0.3) is 0 Å². The Balaban J connectivity index is 1.96. The first-order chi connectivity index (χ1) is 10.6. The molecule has 2 unspecified atom stereocenters. The molecule has 2 heteroatoms. The Labute approximate surface area is 141 Å². The third kappa shape index (κ3) is 5.03. The molecule has 1 aliphatic carbocycles. The van der Waals surface area contributed by atoms with Crippen molar-refractivity contribution < 1.29 is 0 Å². The number of rotatable bonds is 8. The molecule has 22 heavy (non-hydrogen) atoms. The Hall–Kier alpha value is -0.470. The molecule has 1 nitrogen and oxygen atoms in total. The number of thioether (sulfide) groups is 1. The summed E-state index contributed by atoms with van der Waals surface area (Å²) in [5.74, 6) is 4.88. The second kappa shape index (κ2) is 8.98. The third-order valence-corrected chi connectivity index (χ3v) is 6.37. The monoisotopic (exact) mass is 319 g/mol. The zero-order valence-corrected chi connectivity index (χ0v) is 15.4. The summed E-state index contributed by atoms with van der Waals surface area (Å²) in [7, 11) is 0. The summed E-state index contributed by atoms with van der Waals surface area (Å²) in [6.45, 7) is 7.66. The summed E-state index contributed by atoms with van der Waals surface area (Å²) in [5, 5.41) is 0. The molecule has 0 radical (unpaired) electrons. The first-order valence-corrected chi connectivity index (χ1v) is 10.2. The molecule has 0 aliphatic heterocycles. The standard InChI is InChI=1S/C20H33NS/c1-4-5-20(12-21)19-9-8-17-10-16(6-7-18(17)11-19)14-22-13-15(2)3/h8-9,11,15-16,20H,4-7,10,12-14,21H2,1-3H3. The summed E-state index contributed by atoms with van der Waals surface area (Å²) in [5.41, 5.74) is 10.6. The van der Waals surface area contributed by atoms with Crippen LogP contribution in [0.15, 0.2) is 18.2 Å². The lowest BCUT2D eigenvalue weighted by Crippen LogP contribution is -2.18. The first kappa shape index (κ1) is 17.9. The van der Waals surface area contributed by atoms with Gasteiger partial charge in [0.2, 0.25) is 0 Å². The van der Waals surface area contributed by atoms with E-state index in [0.29, 0.717) is 5.92 Å². The van der Waals surface area contributed by atoms with Crippen LogP contribution in [-0.4, -0.2) is 18.1 Å². The van der Waals surface area contributed by atoms with Crippen LogP contribution in [0, 0.1) is 11.8 Å². The van der Waals surface area contributed by atoms with Crippen LogP contribution in [-0.2, 0) is 12.8 Å². The molecule has 1 aliphatic rings. The molecular formula is C20H33NS. The Morgan fingerprint density at radius 2 is 2.09 bits per heavy atom. The van der Waals surface area contributed by atoms with Crippen molar-refractivity contribution in [3.8, 4) is 0 Å². The fourth-order valence-corrected chi connectivity index (χ4v) is 4.71. The molecule has 0 fully saturated rings. The van der Waals surface area contributed by atoms with E-state index in [4.69, 9.17) is 5.73 Å². The van der Waals surface area contributed by atoms with Crippen LogP contribution >= 0.6 is 11.8 Å². The van der Waals surface area contributed by atoms with Gasteiger partial charge >= 0.3 is 0 Å². The Bertz CT molecular complexity index is 455. The Morgan fingerprint density at radius 1 is 1.27 bits per heavy atom. The predicted octanol–water partition coefficient (Wildman–Crippen LogP) is 5.02. The number of fused-ring (bicyclic) bond motifs is 1. The van der Waals surface area contributed by atoms with Crippen LogP contribution in [0.4, 0.5) is 0 Å². The highest BCUT2D eigenvalue weighted by molar-refractivity contribution is 7.99. The second-order valence-electron chi connectivity index (χ2n) is 7.29. The van der Waals surface area contributed by atoms with Gasteiger partial charge in [0.15, 0.2) is 0 Å². The summed E-state index contributed by atoms with van der Waals surface area (Å²) in [4.78, 5) is 0. The minimum atomic E-state index is 0.551. The van der Waals surface area contributed by atoms with Crippen molar-refractivity contribution in [1.29, 1.82) is 0 Å². The van der Waals surface area contributed by atoms with E-state index in [2.05, 4.69) is 50.7 Å². The molecule has 0 spiro atoms. The molecule has 0 aromatic heterocycles. The zero-order chi connectivity index (χ0) is 15.9. The minimum absolute atomic E-state index is 0.551. The van der Waals surface area contributed by atoms with Gasteiger partial charge in [-0.05, 0) is 78.2 Å². The number of aryl methyl sites for hydroxylation is 1. The van der Waals surface area contributed by atoms with E-state index >= 15 is 0 Å². The molecule has 0 amide bonds. The summed E-state index contributed by atoms with van der Waals surface area (Å²) >= 11 is 2.14. The summed E-state index contributed by atoms with van der Waals surface area (Å²) < 4.78 is 0. The molecule has 0 heterocycles. The Kier molecular flexibility index (Phi) is 7.30. The molecule has 2 atom stereocenters. The van der Waals surface area contributed by atoms with E-state index in [1.165, 1.54) is 49.2 Å². The molecule has 1 aromatic carbocycles. The molecule has 124 valence electrons. The smallest absolute Gasteiger partial charge is 0.000824 e. The van der Waals surface area contributed by atoms with Crippen LogP contribution in [0.3, 0.4) is 0 Å². The fraction of sp³-hybridized carbons (Fsp3) is 0.700. The van der Waals surface area contributed by atoms with Crippen molar-refractivity contribution in [2.75, 3.05) is 18.1 Å². The normalized spacial score (nSPS) is 19.2. The SMILES string of the molecule is CCCC(CN)c1ccc2c(c1)CCC(CSCC(C)C)C2. The van der Waals surface area contributed by atoms with Gasteiger partial charge in [-0.2, -0.15) is 11.8 Å². The van der Waals surface area contributed by atoms with E-state index in [1.54, 1.807) is 11.1 Å². The van der Waals surface area contributed by atoms with Gasteiger partial charge in [0, 0.05) is 0 Å². The van der Waals surface area contributed by atoms with Gasteiger partial charge in [-0.1, -0.05) is 45.4 Å². The Morgan fingerprint density at radius 3 is 2.77 bits per heavy atom. The molecule has 0 bridgehead atoms. The van der Waals surface area contributed by atoms with Gasteiger partial charge in [-0.25, -0.2) is 0 Å². The predicted molar refractivity (Wildman–Crippen MR) is 101 cm³/mol. The quantitative estimate of drug-likeness (QED) is 0.728. The first-order valence-electron chi connectivity index (χ1n) is 9.03. The number of nitrogens with two attached hydrogens (primary N) is 1. The molecule has 1 aromatic rings. The maximum atomic E-state index is 5.97. The lowest BCUT2D eigenvalue weighted by Gasteiger charge is -2.26. The number of hydrogen-bond donors (Lipinski definition) is 1. The van der Waals surface area contributed by atoms with Gasteiger partial charge in [0.25, 0.3) is 0 Å². The van der Waals surface area contributed by atoms with E-state index < -0.39 is 0 Å². The lowest BCUT2D eigenvalue weighted by molar-refractivity contribution is 0.507. The third-order valence-electron chi connectivity index (χ3n) is 4.76. The fourth-order valence-electron chi connectivity index (χ4n) is 3.49. The molecule has 2 N–H and O–H groups in total. The maximum Gasteiger partial charge on any atom is -0.000824 e. The molecular weight excluding hydrogens is 286 g/mol. The van der Waals surface area contributed by atoms with Gasteiger partial charge < -0.3 is 5.73 Å². The molecule has 0 saturated carbocycles. The average molecular weight is 320 g/mol. The van der Waals surface area contributed by atoms with Crippen LogP contribution in [0.5, 0.6) is 0 Å². The highest BCUT2D eigenvalue weighted by atomic mass is 32.2. The lowest BCUT2D eigenvalue weighted by atomic mass is 9.82. The van der Waals surface area contributed by atoms with Crippen LogP contribution in [0.1, 0.15) is 62.6 Å². The van der Waals surface area contributed by atoms with Crippen molar-refractivity contribution in [3.63, 3.8) is 0 Å². The maximum absolute atomic E-state index is 5.97. The van der Waals surface area contributed by atoms with Crippen LogP contribution < -0.4 is 5.73 Å². The van der Waals surface area contributed by atoms with Gasteiger partial charge in [0.05, 0.1) is 0 Å². The highest BCUT2D eigenvalue weighted by Crippen LogP contribution is 2.31. The van der Waals surface area contributed by atoms with E-state index in [9.17, 15) is 0 Å². The topological polar surface area (TPSA) is 26.0 Å². The zero-order valence-electron chi connectivity index (χ0n) is 14.6. The van der Waals surface area contributed by atoms with Gasteiger partial charge in [-0.3, -0.25) is 0 Å². The summed E-state index contributed by atoms with van der Waals surface area (Å²) in [6, 6.07) is 7.19.